The monoisotopic (exact) mass is 422 g/mol. The minimum Gasteiger partial charge on any atom is -0.308 e. The molecule has 1 amide bonds. The molecule has 4 aromatic rings. The summed E-state index contributed by atoms with van der Waals surface area (Å²) in [5.41, 5.74) is 5.22. The van der Waals surface area contributed by atoms with Crippen molar-refractivity contribution in [1.29, 1.82) is 0 Å². The number of amides is 1. The molecule has 0 fully saturated rings. The predicted octanol–water partition coefficient (Wildman–Crippen LogP) is 6.13. The molecule has 0 saturated heterocycles. The highest BCUT2D eigenvalue weighted by Crippen LogP contribution is 2.44. The van der Waals surface area contributed by atoms with Crippen LogP contribution in [0, 0.1) is 17.0 Å². The number of rotatable bonds is 4. The second kappa shape index (κ2) is 7.93. The molecule has 1 aliphatic heterocycles. The van der Waals surface area contributed by atoms with Crippen LogP contribution < -0.4 is 4.90 Å². The summed E-state index contributed by atoms with van der Waals surface area (Å²) < 4.78 is 0. The van der Waals surface area contributed by atoms with Gasteiger partial charge in [-0.1, -0.05) is 72.3 Å². The van der Waals surface area contributed by atoms with Gasteiger partial charge in [0, 0.05) is 30.2 Å². The van der Waals surface area contributed by atoms with Gasteiger partial charge in [0.2, 0.25) is 5.91 Å². The molecule has 0 saturated carbocycles. The van der Waals surface area contributed by atoms with Gasteiger partial charge in [0.25, 0.3) is 5.69 Å². The predicted molar refractivity (Wildman–Crippen MR) is 126 cm³/mol. The van der Waals surface area contributed by atoms with Crippen LogP contribution in [-0.4, -0.2) is 10.8 Å². The van der Waals surface area contributed by atoms with Crippen LogP contribution in [-0.2, 0) is 11.3 Å². The van der Waals surface area contributed by atoms with Crippen molar-refractivity contribution in [2.24, 2.45) is 0 Å². The van der Waals surface area contributed by atoms with E-state index in [2.05, 4.69) is 24.3 Å². The number of fused-ring (bicyclic) bond motifs is 3. The van der Waals surface area contributed by atoms with Crippen LogP contribution in [0.15, 0.2) is 84.9 Å². The highest BCUT2D eigenvalue weighted by Gasteiger charge is 2.33. The maximum absolute atomic E-state index is 13.4. The summed E-state index contributed by atoms with van der Waals surface area (Å²) in [6.07, 6.45) is 0.324. The molecule has 0 N–H and O–H groups in total. The number of hydrogen-bond donors (Lipinski definition) is 0. The largest absolute Gasteiger partial charge is 0.308 e. The smallest absolute Gasteiger partial charge is 0.269 e. The topological polar surface area (TPSA) is 63.5 Å². The molecular formula is C27H22N2O3. The Morgan fingerprint density at radius 3 is 2.50 bits per heavy atom. The van der Waals surface area contributed by atoms with Crippen LogP contribution in [0.1, 0.15) is 34.6 Å². The van der Waals surface area contributed by atoms with Crippen molar-refractivity contribution in [3.8, 4) is 0 Å². The molecule has 1 aliphatic rings. The van der Waals surface area contributed by atoms with Crippen LogP contribution in [0.3, 0.4) is 0 Å². The van der Waals surface area contributed by atoms with Gasteiger partial charge >= 0.3 is 0 Å². The van der Waals surface area contributed by atoms with E-state index in [9.17, 15) is 14.9 Å². The van der Waals surface area contributed by atoms with Crippen molar-refractivity contribution in [2.45, 2.75) is 25.8 Å². The first-order valence-corrected chi connectivity index (χ1v) is 10.6. The Labute approximate surface area is 186 Å². The molecule has 0 radical (unpaired) electrons. The first kappa shape index (κ1) is 19.9. The van der Waals surface area contributed by atoms with E-state index in [0.717, 1.165) is 38.7 Å². The van der Waals surface area contributed by atoms with Gasteiger partial charge in [-0.05, 0) is 40.5 Å². The van der Waals surface area contributed by atoms with Crippen molar-refractivity contribution in [3.05, 3.63) is 117 Å². The zero-order chi connectivity index (χ0) is 22.2. The van der Waals surface area contributed by atoms with E-state index < -0.39 is 4.92 Å². The number of aryl methyl sites for hydroxylation is 1. The molecule has 0 aromatic heterocycles. The number of nitrogens with zero attached hydrogens (tertiary/aromatic N) is 2. The lowest BCUT2D eigenvalue weighted by Gasteiger charge is -2.35. The van der Waals surface area contributed by atoms with Gasteiger partial charge in [-0.25, -0.2) is 0 Å². The molecule has 158 valence electrons. The molecule has 1 unspecified atom stereocenters. The molecule has 5 heteroatoms. The van der Waals surface area contributed by atoms with Crippen molar-refractivity contribution in [2.75, 3.05) is 4.90 Å². The van der Waals surface area contributed by atoms with E-state index in [-0.39, 0.29) is 17.5 Å². The van der Waals surface area contributed by atoms with Gasteiger partial charge in [0.05, 0.1) is 11.5 Å². The quantitative estimate of drug-likeness (QED) is 0.294. The molecule has 1 atom stereocenters. The maximum atomic E-state index is 13.4. The number of benzene rings is 4. The second-order valence-corrected chi connectivity index (χ2v) is 8.29. The van der Waals surface area contributed by atoms with Gasteiger partial charge < -0.3 is 4.90 Å². The number of anilines is 1. The Morgan fingerprint density at radius 1 is 0.969 bits per heavy atom. The first-order chi connectivity index (χ1) is 15.5. The van der Waals surface area contributed by atoms with E-state index in [4.69, 9.17) is 0 Å². The average Bonchev–Trinajstić information content (AvgIpc) is 2.80. The lowest BCUT2D eigenvalue weighted by molar-refractivity contribution is -0.384. The summed E-state index contributed by atoms with van der Waals surface area (Å²) >= 11 is 0. The van der Waals surface area contributed by atoms with Gasteiger partial charge in [0.15, 0.2) is 0 Å². The van der Waals surface area contributed by atoms with E-state index in [0.29, 0.717) is 13.0 Å². The number of non-ortho nitro benzene ring substituents is 1. The van der Waals surface area contributed by atoms with E-state index >= 15 is 0 Å². The summed E-state index contributed by atoms with van der Waals surface area (Å²) in [4.78, 5) is 25.9. The lowest BCUT2D eigenvalue weighted by Crippen LogP contribution is -2.36. The fraction of sp³-hybridized carbons (Fsp3) is 0.148. The highest BCUT2D eigenvalue weighted by molar-refractivity contribution is 6.03. The van der Waals surface area contributed by atoms with Gasteiger partial charge in [-0.3, -0.25) is 14.9 Å². The SMILES string of the molecule is Cc1cccc(CN2C(=O)CC(c3ccc([N+](=O)[O-])cc3)c3c2ccc2ccccc32)c1. The average molecular weight is 422 g/mol. The third-order valence-electron chi connectivity index (χ3n) is 6.20. The second-order valence-electron chi connectivity index (χ2n) is 8.29. The van der Waals surface area contributed by atoms with Gasteiger partial charge in [-0.15, -0.1) is 0 Å². The van der Waals surface area contributed by atoms with Gasteiger partial charge in [0.1, 0.15) is 0 Å². The molecule has 5 rings (SSSR count). The first-order valence-electron chi connectivity index (χ1n) is 10.6. The van der Waals surface area contributed by atoms with Crippen LogP contribution in [0.25, 0.3) is 10.8 Å². The lowest BCUT2D eigenvalue weighted by atomic mass is 9.81. The Kier molecular flexibility index (Phi) is 4.94. The zero-order valence-electron chi connectivity index (χ0n) is 17.7. The van der Waals surface area contributed by atoms with Crippen molar-refractivity contribution >= 4 is 28.1 Å². The summed E-state index contributed by atoms with van der Waals surface area (Å²) in [5, 5.41) is 13.3. The van der Waals surface area contributed by atoms with Crippen LogP contribution in [0.2, 0.25) is 0 Å². The van der Waals surface area contributed by atoms with Crippen molar-refractivity contribution in [1.82, 2.24) is 0 Å². The van der Waals surface area contributed by atoms with Crippen molar-refractivity contribution in [3.63, 3.8) is 0 Å². The third kappa shape index (κ3) is 3.52. The van der Waals surface area contributed by atoms with E-state index in [1.807, 2.05) is 48.2 Å². The Hall–Kier alpha value is -3.99. The number of nitro benzene ring substituents is 1. The minimum atomic E-state index is -0.400. The third-order valence-corrected chi connectivity index (χ3v) is 6.20. The molecule has 1 heterocycles. The summed E-state index contributed by atoms with van der Waals surface area (Å²) in [7, 11) is 0. The maximum Gasteiger partial charge on any atom is 0.269 e. The summed E-state index contributed by atoms with van der Waals surface area (Å²) in [5.74, 6) is -0.101. The zero-order valence-corrected chi connectivity index (χ0v) is 17.7. The van der Waals surface area contributed by atoms with Crippen LogP contribution in [0.4, 0.5) is 11.4 Å². The minimum absolute atomic E-state index is 0.0510. The number of carbonyl (C=O) groups is 1. The fourth-order valence-electron chi connectivity index (χ4n) is 4.69. The molecule has 0 spiro atoms. The van der Waals surface area contributed by atoms with E-state index in [1.54, 1.807) is 12.1 Å². The molecule has 5 nitrogen and oxygen atoms in total. The van der Waals surface area contributed by atoms with Gasteiger partial charge in [-0.2, -0.15) is 0 Å². The van der Waals surface area contributed by atoms with Crippen LogP contribution >= 0.6 is 0 Å². The molecule has 0 bridgehead atoms. The van der Waals surface area contributed by atoms with Crippen molar-refractivity contribution < 1.29 is 9.72 Å². The standard InChI is InChI=1S/C27H22N2O3/c1-18-5-4-6-19(15-18)17-28-25-14-11-20-7-2-3-8-23(20)27(25)24(16-26(28)30)21-9-12-22(13-10-21)29(31)32/h2-15,24H,16-17H2,1H3. The molecular weight excluding hydrogens is 400 g/mol. The molecule has 32 heavy (non-hydrogen) atoms. The fourth-order valence-corrected chi connectivity index (χ4v) is 4.69. The molecule has 4 aromatic carbocycles. The summed E-state index contributed by atoms with van der Waals surface area (Å²) in [6.45, 7) is 2.56. The highest BCUT2D eigenvalue weighted by atomic mass is 16.6. The molecule has 0 aliphatic carbocycles. The number of carbonyl (C=O) groups excluding carboxylic acids is 1. The summed E-state index contributed by atoms with van der Waals surface area (Å²) in [6, 6.07) is 27.1. The Morgan fingerprint density at radius 2 is 1.75 bits per heavy atom. The Bertz CT molecular complexity index is 1340. The number of hydrogen-bond acceptors (Lipinski definition) is 3. The normalized spacial score (nSPS) is 15.6. The Balaban J connectivity index is 1.65. The van der Waals surface area contributed by atoms with E-state index in [1.165, 1.54) is 12.1 Å². The van der Waals surface area contributed by atoms with Crippen LogP contribution in [0.5, 0.6) is 0 Å². The number of nitro groups is 1.